The van der Waals surface area contributed by atoms with Crippen molar-refractivity contribution in [1.82, 2.24) is 9.97 Å². The van der Waals surface area contributed by atoms with Crippen molar-refractivity contribution < 1.29 is 9.90 Å². The molecule has 2 rings (SSSR count). The predicted octanol–water partition coefficient (Wildman–Crippen LogP) is 1.54. The maximum atomic E-state index is 10.9. The third kappa shape index (κ3) is 2.09. The van der Waals surface area contributed by atoms with Gasteiger partial charge >= 0.3 is 5.97 Å². The Kier molecular flexibility index (Phi) is 2.86. The highest BCUT2D eigenvalue weighted by Crippen LogP contribution is 2.19. The van der Waals surface area contributed by atoms with Gasteiger partial charge in [0.2, 0.25) is 5.95 Å². The number of hydrogen-bond acceptors (Lipinski definition) is 4. The zero-order valence-corrected chi connectivity index (χ0v) is 9.57. The highest BCUT2D eigenvalue weighted by Gasteiger charge is 2.18. The maximum absolute atomic E-state index is 10.9. The van der Waals surface area contributed by atoms with E-state index in [1.165, 1.54) is 6.20 Å². The van der Waals surface area contributed by atoms with Crippen LogP contribution in [-0.4, -0.2) is 34.1 Å². The summed E-state index contributed by atoms with van der Waals surface area (Å²) in [6, 6.07) is 0. The summed E-state index contributed by atoms with van der Waals surface area (Å²) in [7, 11) is 0. The molecule has 1 aliphatic rings. The molecule has 1 aromatic heterocycles. The van der Waals surface area contributed by atoms with Gasteiger partial charge in [-0.15, -0.1) is 0 Å². The molecule has 0 atom stereocenters. The topological polar surface area (TPSA) is 66.3 Å². The molecule has 0 bridgehead atoms. The van der Waals surface area contributed by atoms with Crippen LogP contribution in [0.3, 0.4) is 0 Å². The summed E-state index contributed by atoms with van der Waals surface area (Å²) in [5.41, 5.74) is 0.0203. The third-order valence-corrected chi connectivity index (χ3v) is 2.90. The van der Waals surface area contributed by atoms with Gasteiger partial charge in [0.25, 0.3) is 0 Å². The molecular weight excluding hydrogens is 262 g/mol. The highest BCUT2D eigenvalue weighted by molar-refractivity contribution is 9.10. The molecule has 1 aliphatic heterocycles. The number of anilines is 1. The normalized spacial score (nSPS) is 15.7. The van der Waals surface area contributed by atoms with Crippen LogP contribution >= 0.6 is 15.9 Å². The highest BCUT2D eigenvalue weighted by atomic mass is 79.9. The van der Waals surface area contributed by atoms with Crippen molar-refractivity contribution in [2.24, 2.45) is 0 Å². The Bertz CT molecular complexity index is 391. The number of aromatic carboxylic acids is 1. The lowest BCUT2D eigenvalue weighted by Gasteiger charge is -2.14. The summed E-state index contributed by atoms with van der Waals surface area (Å²) in [5, 5.41) is 8.89. The maximum Gasteiger partial charge on any atom is 0.355 e. The van der Waals surface area contributed by atoms with Crippen LogP contribution in [0.5, 0.6) is 0 Å². The van der Waals surface area contributed by atoms with Crippen molar-refractivity contribution in [2.45, 2.75) is 12.8 Å². The molecule has 2 heterocycles. The Hall–Kier alpha value is -1.17. The Morgan fingerprint density at radius 1 is 1.47 bits per heavy atom. The molecular formula is C9H10BrN3O2. The number of carboxylic acids is 1. The van der Waals surface area contributed by atoms with Crippen LogP contribution in [0.4, 0.5) is 5.95 Å². The van der Waals surface area contributed by atoms with E-state index < -0.39 is 5.97 Å². The van der Waals surface area contributed by atoms with Gasteiger partial charge < -0.3 is 10.0 Å². The van der Waals surface area contributed by atoms with E-state index in [0.717, 1.165) is 25.9 Å². The molecule has 15 heavy (non-hydrogen) atoms. The number of nitrogens with zero attached hydrogens (tertiary/aromatic N) is 3. The molecule has 1 aromatic rings. The van der Waals surface area contributed by atoms with Gasteiger partial charge in [0.05, 0.1) is 4.47 Å². The van der Waals surface area contributed by atoms with Crippen molar-refractivity contribution in [1.29, 1.82) is 0 Å². The lowest BCUT2D eigenvalue weighted by Crippen LogP contribution is -2.21. The van der Waals surface area contributed by atoms with Gasteiger partial charge in [-0.3, -0.25) is 0 Å². The minimum atomic E-state index is -1.04. The van der Waals surface area contributed by atoms with Gasteiger partial charge in [-0.1, -0.05) is 0 Å². The number of halogens is 1. The molecule has 1 N–H and O–H groups in total. The molecule has 1 saturated heterocycles. The Balaban J connectivity index is 2.33. The smallest absolute Gasteiger partial charge is 0.355 e. The minimum Gasteiger partial charge on any atom is -0.476 e. The Labute approximate surface area is 95.3 Å². The number of carboxylic acid groups (broad SMARTS) is 1. The lowest BCUT2D eigenvalue weighted by atomic mass is 10.4. The molecule has 1 fully saturated rings. The molecule has 0 unspecified atom stereocenters. The quantitative estimate of drug-likeness (QED) is 0.884. The summed E-state index contributed by atoms with van der Waals surface area (Å²) in [6.45, 7) is 1.81. The van der Waals surface area contributed by atoms with Gasteiger partial charge in [-0.2, -0.15) is 0 Å². The van der Waals surface area contributed by atoms with Crippen LogP contribution in [0.25, 0.3) is 0 Å². The lowest BCUT2D eigenvalue weighted by molar-refractivity contribution is 0.0689. The second-order valence-corrected chi connectivity index (χ2v) is 4.22. The second kappa shape index (κ2) is 4.14. The van der Waals surface area contributed by atoms with E-state index in [2.05, 4.69) is 25.9 Å². The molecule has 0 saturated carbocycles. The van der Waals surface area contributed by atoms with Gasteiger partial charge in [0.1, 0.15) is 0 Å². The van der Waals surface area contributed by atoms with E-state index in [1.54, 1.807) is 0 Å². The second-order valence-electron chi connectivity index (χ2n) is 3.37. The minimum absolute atomic E-state index is 0.0203. The van der Waals surface area contributed by atoms with E-state index in [-0.39, 0.29) is 5.69 Å². The van der Waals surface area contributed by atoms with Crippen molar-refractivity contribution in [3.05, 3.63) is 16.4 Å². The van der Waals surface area contributed by atoms with Crippen LogP contribution in [0.15, 0.2) is 10.7 Å². The van der Waals surface area contributed by atoms with Gasteiger partial charge in [0.15, 0.2) is 5.69 Å². The van der Waals surface area contributed by atoms with Crippen LogP contribution in [-0.2, 0) is 0 Å². The monoisotopic (exact) mass is 271 g/mol. The molecule has 0 aliphatic carbocycles. The molecule has 6 heteroatoms. The SMILES string of the molecule is O=C(O)c1nc(N2CCCC2)ncc1Br. The number of rotatable bonds is 2. The van der Waals surface area contributed by atoms with Crippen molar-refractivity contribution >= 4 is 27.8 Å². The van der Waals surface area contributed by atoms with Crippen molar-refractivity contribution in [3.63, 3.8) is 0 Å². The van der Waals surface area contributed by atoms with E-state index >= 15 is 0 Å². The van der Waals surface area contributed by atoms with Crippen molar-refractivity contribution in [2.75, 3.05) is 18.0 Å². The average molecular weight is 272 g/mol. The number of carbonyl (C=O) groups is 1. The first kappa shape index (κ1) is 10.4. The van der Waals surface area contributed by atoms with Crippen LogP contribution in [0.1, 0.15) is 23.3 Å². The first-order chi connectivity index (χ1) is 7.18. The Morgan fingerprint density at radius 2 is 2.13 bits per heavy atom. The van der Waals surface area contributed by atoms with Gasteiger partial charge in [-0.05, 0) is 28.8 Å². The van der Waals surface area contributed by atoms with E-state index in [4.69, 9.17) is 5.11 Å². The van der Waals surface area contributed by atoms with E-state index in [1.807, 2.05) is 4.90 Å². The summed E-state index contributed by atoms with van der Waals surface area (Å²) in [4.78, 5) is 21.0. The largest absolute Gasteiger partial charge is 0.476 e. The molecule has 80 valence electrons. The zero-order valence-electron chi connectivity index (χ0n) is 7.98. The van der Waals surface area contributed by atoms with Crippen LogP contribution in [0, 0.1) is 0 Å². The van der Waals surface area contributed by atoms with Crippen LogP contribution < -0.4 is 4.90 Å². The fourth-order valence-corrected chi connectivity index (χ4v) is 1.94. The predicted molar refractivity (Wildman–Crippen MR) is 58.1 cm³/mol. The molecule has 0 amide bonds. The fourth-order valence-electron chi connectivity index (χ4n) is 1.58. The van der Waals surface area contributed by atoms with E-state index in [9.17, 15) is 4.79 Å². The van der Waals surface area contributed by atoms with Gasteiger partial charge in [-0.25, -0.2) is 14.8 Å². The molecule has 0 aromatic carbocycles. The van der Waals surface area contributed by atoms with Crippen molar-refractivity contribution in [3.8, 4) is 0 Å². The zero-order chi connectivity index (χ0) is 10.8. The first-order valence-electron chi connectivity index (χ1n) is 4.69. The summed E-state index contributed by atoms with van der Waals surface area (Å²) >= 11 is 3.12. The molecule has 0 radical (unpaired) electrons. The average Bonchev–Trinajstić information content (AvgIpc) is 2.71. The van der Waals surface area contributed by atoms with Gasteiger partial charge in [0, 0.05) is 19.3 Å². The number of aromatic nitrogens is 2. The third-order valence-electron chi connectivity index (χ3n) is 2.32. The molecule has 0 spiro atoms. The van der Waals surface area contributed by atoms with Crippen LogP contribution in [0.2, 0.25) is 0 Å². The molecule has 5 nitrogen and oxygen atoms in total. The fraction of sp³-hybridized carbons (Fsp3) is 0.444. The van der Waals surface area contributed by atoms with E-state index in [0.29, 0.717) is 10.4 Å². The summed E-state index contributed by atoms with van der Waals surface area (Å²) < 4.78 is 0.415. The first-order valence-corrected chi connectivity index (χ1v) is 5.48. The summed E-state index contributed by atoms with van der Waals surface area (Å²) in [6.07, 6.45) is 3.72. The Morgan fingerprint density at radius 3 is 2.73 bits per heavy atom. The summed E-state index contributed by atoms with van der Waals surface area (Å²) in [5.74, 6) is -0.530. The number of hydrogen-bond donors (Lipinski definition) is 1. The standard InChI is InChI=1S/C9H10BrN3O2/c10-6-5-11-9(12-7(6)8(14)15)13-3-1-2-4-13/h5H,1-4H2,(H,14,15).